The van der Waals surface area contributed by atoms with Gasteiger partial charge in [-0.2, -0.15) is 0 Å². The van der Waals surface area contributed by atoms with Crippen LogP contribution in [0.25, 0.3) is 0 Å². The second-order valence-electron chi connectivity index (χ2n) is 7.12. The van der Waals surface area contributed by atoms with E-state index in [0.717, 1.165) is 5.69 Å². The van der Waals surface area contributed by atoms with Crippen LogP contribution in [0.5, 0.6) is 0 Å². The van der Waals surface area contributed by atoms with Crippen LogP contribution in [0.15, 0.2) is 53.5 Å². The first-order valence-corrected chi connectivity index (χ1v) is 9.75. The van der Waals surface area contributed by atoms with Crippen LogP contribution in [0.4, 0.5) is 5.69 Å². The van der Waals surface area contributed by atoms with Gasteiger partial charge in [-0.25, -0.2) is 0 Å². The fourth-order valence-corrected chi connectivity index (χ4v) is 3.31. The molecule has 0 saturated heterocycles. The number of rotatable bonds is 6. The predicted molar refractivity (Wildman–Crippen MR) is 103 cm³/mol. The van der Waals surface area contributed by atoms with Crippen molar-refractivity contribution in [1.29, 1.82) is 0 Å². The summed E-state index contributed by atoms with van der Waals surface area (Å²) in [7, 11) is 0. The third kappa shape index (κ3) is 4.19. The molecule has 1 unspecified atom stereocenters. The van der Waals surface area contributed by atoms with Gasteiger partial charge in [-0.05, 0) is 0 Å². The van der Waals surface area contributed by atoms with Crippen molar-refractivity contribution in [3.05, 3.63) is 65.2 Å². The second kappa shape index (κ2) is 8.17. The fraction of sp³-hybridized carbons (Fsp3) is 0.364. The van der Waals surface area contributed by atoms with Gasteiger partial charge in [-0.3, -0.25) is 0 Å². The number of benzene rings is 2. The van der Waals surface area contributed by atoms with Crippen molar-refractivity contribution in [3.63, 3.8) is 0 Å². The molecule has 0 aromatic heterocycles. The minimum absolute atomic E-state index is 0.163. The molecule has 24 heavy (non-hydrogen) atoms. The van der Waals surface area contributed by atoms with Crippen molar-refractivity contribution in [2.45, 2.75) is 51.9 Å². The van der Waals surface area contributed by atoms with Gasteiger partial charge < -0.3 is 0 Å². The Morgan fingerprint density at radius 3 is 1.88 bits per heavy atom. The number of nitrogens with zero attached hydrogens (tertiary/aromatic N) is 1. The van der Waals surface area contributed by atoms with E-state index in [0.29, 0.717) is 11.8 Å². The summed E-state index contributed by atoms with van der Waals surface area (Å²) in [6, 6.07) is 17.2. The van der Waals surface area contributed by atoms with Gasteiger partial charge >= 0.3 is 158 Å². The van der Waals surface area contributed by atoms with E-state index >= 15 is 0 Å². The molecule has 2 aromatic rings. The summed E-state index contributed by atoms with van der Waals surface area (Å²) in [5, 5.41) is 0. The summed E-state index contributed by atoms with van der Waals surface area (Å²) in [5.41, 5.74) is 4.90. The van der Waals surface area contributed by atoms with Crippen LogP contribution >= 0.6 is 0 Å². The Kier molecular flexibility index (Phi) is 6.46. The van der Waals surface area contributed by atoms with E-state index in [2.05, 4.69) is 93.8 Å². The standard InChI is InChI=1S/C22H27N.Mo/c1-16(2)19-13-10-14-20(17(3)4)21(19)23-15-22(5,6)18-11-8-7-9-12-18;/h5,7-17H,1-4,6H3;. The molecular weight excluding hydrogens is 374 g/mol. The van der Waals surface area contributed by atoms with Gasteiger partial charge in [0.05, 0.1) is 0 Å². The van der Waals surface area contributed by atoms with Gasteiger partial charge in [-0.1, -0.05) is 0 Å². The molecule has 0 spiro atoms. The first kappa shape index (κ1) is 19.0. The molecule has 126 valence electrons. The Morgan fingerprint density at radius 2 is 1.42 bits per heavy atom. The van der Waals surface area contributed by atoms with Gasteiger partial charge in [0.25, 0.3) is 0 Å². The van der Waals surface area contributed by atoms with Gasteiger partial charge in [0.2, 0.25) is 0 Å². The minimum atomic E-state index is -0.163. The molecule has 0 amide bonds. The fourth-order valence-electron chi connectivity index (χ4n) is 2.83. The molecule has 0 aliphatic carbocycles. The first-order chi connectivity index (χ1) is 11.4. The van der Waals surface area contributed by atoms with Crippen molar-refractivity contribution in [2.24, 2.45) is 4.99 Å². The topological polar surface area (TPSA) is 12.4 Å². The SMILES string of the molecule is CC(C)c1cccc(C(C)C)c1N=CC(C)([CH]=[Mo])c1ccccc1. The molecule has 0 aliphatic rings. The zero-order valence-corrected chi connectivity index (χ0v) is 17.3. The molecule has 0 saturated carbocycles. The molecule has 0 fully saturated rings. The van der Waals surface area contributed by atoms with E-state index < -0.39 is 0 Å². The third-order valence-electron chi connectivity index (χ3n) is 4.44. The average molecular weight is 401 g/mol. The maximum absolute atomic E-state index is 5.01. The van der Waals surface area contributed by atoms with E-state index in [1.807, 2.05) is 19.4 Å². The normalized spacial score (nSPS) is 14.3. The number of para-hydroxylation sites is 1. The van der Waals surface area contributed by atoms with Crippen molar-refractivity contribution >= 4 is 16.3 Å². The van der Waals surface area contributed by atoms with Gasteiger partial charge in [0.1, 0.15) is 0 Å². The summed E-state index contributed by atoms with van der Waals surface area (Å²) in [5.74, 6) is 0.926. The van der Waals surface area contributed by atoms with Crippen LogP contribution in [0.1, 0.15) is 63.1 Å². The van der Waals surface area contributed by atoms with Crippen LogP contribution in [0.2, 0.25) is 0 Å². The van der Waals surface area contributed by atoms with Crippen molar-refractivity contribution < 1.29 is 19.4 Å². The van der Waals surface area contributed by atoms with E-state index in [1.165, 1.54) is 16.7 Å². The second-order valence-corrected chi connectivity index (χ2v) is 7.70. The summed E-state index contributed by atoms with van der Waals surface area (Å²) >= 11 is 2.03. The molecule has 1 nitrogen and oxygen atoms in total. The molecule has 1 atom stereocenters. The molecule has 0 bridgehead atoms. The van der Waals surface area contributed by atoms with Crippen LogP contribution in [0, 0.1) is 0 Å². The predicted octanol–water partition coefficient (Wildman–Crippen LogP) is 5.94. The van der Waals surface area contributed by atoms with Gasteiger partial charge in [0, 0.05) is 0 Å². The van der Waals surface area contributed by atoms with Crippen molar-refractivity contribution in [1.82, 2.24) is 0 Å². The summed E-state index contributed by atoms with van der Waals surface area (Å²) in [6.07, 6.45) is 2.11. The molecule has 2 rings (SSSR count). The number of hydrogen-bond donors (Lipinski definition) is 0. The van der Waals surface area contributed by atoms with Crippen LogP contribution in [-0.4, -0.2) is 10.6 Å². The van der Waals surface area contributed by atoms with Crippen molar-refractivity contribution in [3.8, 4) is 0 Å². The zero-order chi connectivity index (χ0) is 17.7. The van der Waals surface area contributed by atoms with E-state index in [4.69, 9.17) is 4.99 Å². The molecule has 2 heteroatoms. The molecule has 2 aromatic carbocycles. The summed E-state index contributed by atoms with van der Waals surface area (Å²) < 4.78 is 2.23. The Bertz CT molecular complexity index is 690. The van der Waals surface area contributed by atoms with Crippen LogP contribution < -0.4 is 0 Å². The van der Waals surface area contributed by atoms with Gasteiger partial charge in [-0.15, -0.1) is 0 Å². The quantitative estimate of drug-likeness (QED) is 0.419. The Balaban J connectivity index is 2.53. The molecule has 0 radical (unpaired) electrons. The van der Waals surface area contributed by atoms with E-state index in [-0.39, 0.29) is 5.41 Å². The van der Waals surface area contributed by atoms with Crippen molar-refractivity contribution in [2.75, 3.05) is 0 Å². The molecule has 0 N–H and O–H groups in total. The van der Waals surface area contributed by atoms with Crippen LogP contribution in [0.3, 0.4) is 0 Å². The Morgan fingerprint density at radius 1 is 0.875 bits per heavy atom. The zero-order valence-electron chi connectivity index (χ0n) is 15.3. The maximum atomic E-state index is 5.01. The molecular formula is C22H27MoN. The third-order valence-corrected chi connectivity index (χ3v) is 5.65. The Labute approximate surface area is 157 Å². The summed E-state index contributed by atoms with van der Waals surface area (Å²) in [4.78, 5) is 5.01. The Hall–Kier alpha value is -1.33. The summed E-state index contributed by atoms with van der Waals surface area (Å²) in [6.45, 7) is 11.2. The van der Waals surface area contributed by atoms with Gasteiger partial charge in [0.15, 0.2) is 0 Å². The van der Waals surface area contributed by atoms with E-state index in [9.17, 15) is 0 Å². The molecule has 0 aliphatic heterocycles. The van der Waals surface area contributed by atoms with Crippen LogP contribution in [-0.2, 0) is 24.8 Å². The van der Waals surface area contributed by atoms with E-state index in [1.54, 1.807) is 0 Å². The monoisotopic (exact) mass is 403 g/mol. The molecule has 0 heterocycles. The number of hydrogen-bond acceptors (Lipinski definition) is 1. The average Bonchev–Trinajstić information content (AvgIpc) is 2.59. The number of aliphatic imine (C=N–C) groups is 1. The first-order valence-electron chi connectivity index (χ1n) is 8.59.